The van der Waals surface area contributed by atoms with E-state index in [0.717, 1.165) is 58.7 Å². The first-order chi connectivity index (χ1) is 16.4. The van der Waals surface area contributed by atoms with Crippen LogP contribution in [0.3, 0.4) is 0 Å². The molecule has 2 aliphatic rings. The number of hydrogen-bond donors (Lipinski definition) is 1. The van der Waals surface area contributed by atoms with Crippen molar-refractivity contribution in [2.75, 3.05) is 13.1 Å². The predicted octanol–water partition coefficient (Wildman–Crippen LogP) is 5.54. The Morgan fingerprint density at radius 1 is 1.12 bits per heavy atom. The second-order valence-electron chi connectivity index (χ2n) is 9.37. The molecule has 0 radical (unpaired) electrons. The van der Waals surface area contributed by atoms with Crippen LogP contribution in [-0.4, -0.2) is 23.2 Å². The third-order valence-electron chi connectivity index (χ3n) is 7.12. The van der Waals surface area contributed by atoms with Crippen molar-refractivity contribution < 1.29 is 14.5 Å². The van der Waals surface area contributed by atoms with Gasteiger partial charge in [-0.15, -0.1) is 0 Å². The largest absolute Gasteiger partial charge is 0.375 e. The van der Waals surface area contributed by atoms with Crippen LogP contribution in [0, 0.1) is 5.92 Å². The number of hydrogen-bond acceptors (Lipinski definition) is 2. The van der Waals surface area contributed by atoms with Gasteiger partial charge in [0.05, 0.1) is 10.4 Å². The molecule has 1 aromatic carbocycles. The lowest BCUT2D eigenvalue weighted by Gasteiger charge is -2.37. The minimum Gasteiger partial charge on any atom is -0.375 e. The molecule has 1 aliphatic carbocycles. The molecule has 0 spiro atoms. The van der Waals surface area contributed by atoms with Crippen molar-refractivity contribution in [2.45, 2.75) is 25.2 Å². The Kier molecular flexibility index (Phi) is 6.50. The molecule has 2 aromatic heterocycles. The first-order valence-corrected chi connectivity index (χ1v) is 12.8. The average molecular weight is 539 g/mol. The van der Waals surface area contributed by atoms with Crippen LogP contribution in [0.1, 0.15) is 46.7 Å². The molecular formula is C28H29BrClN3O+2. The lowest BCUT2D eigenvalue weighted by Crippen LogP contribution is -2.42. The van der Waals surface area contributed by atoms with E-state index >= 15 is 0 Å². The summed E-state index contributed by atoms with van der Waals surface area (Å²) < 4.78 is 4.20. The maximum absolute atomic E-state index is 11.0. The van der Waals surface area contributed by atoms with Crippen molar-refractivity contribution >= 4 is 39.7 Å². The highest BCUT2D eigenvalue weighted by Gasteiger charge is 2.39. The summed E-state index contributed by atoms with van der Waals surface area (Å²) in [6.07, 6.45) is 13.0. The molecule has 0 saturated carbocycles. The number of likely N-dealkylation sites (tertiary alicyclic amines) is 1. The van der Waals surface area contributed by atoms with E-state index in [4.69, 9.17) is 11.6 Å². The summed E-state index contributed by atoms with van der Waals surface area (Å²) in [5, 5.41) is 11.7. The van der Waals surface area contributed by atoms with Gasteiger partial charge in [0.25, 0.3) is 0 Å². The zero-order valence-corrected chi connectivity index (χ0v) is 21.6. The quantitative estimate of drug-likeness (QED) is 0.350. The van der Waals surface area contributed by atoms with Crippen molar-refractivity contribution in [3.8, 4) is 0 Å². The Hall–Kier alpha value is -2.63. The fraction of sp³-hybridized carbons (Fsp3) is 0.286. The Morgan fingerprint density at radius 2 is 1.82 bits per heavy atom. The van der Waals surface area contributed by atoms with E-state index in [0.29, 0.717) is 5.92 Å². The molecule has 5 rings (SSSR count). The van der Waals surface area contributed by atoms with Gasteiger partial charge in [-0.05, 0) is 75.7 Å². The molecule has 6 heteroatoms. The smallest absolute Gasteiger partial charge is 0.249 e. The number of halogens is 2. The topological polar surface area (TPSA) is 31.2 Å². The van der Waals surface area contributed by atoms with Crippen LogP contribution in [0.25, 0.3) is 12.2 Å². The Balaban J connectivity index is 1.40. The number of aromatic nitrogens is 2. The van der Waals surface area contributed by atoms with E-state index in [-0.39, 0.29) is 5.92 Å². The van der Waals surface area contributed by atoms with Crippen molar-refractivity contribution in [1.29, 1.82) is 0 Å². The molecule has 0 bridgehead atoms. The molecule has 1 N–H and O–H groups in total. The van der Waals surface area contributed by atoms with Crippen LogP contribution in [0.4, 0.5) is 0 Å². The van der Waals surface area contributed by atoms with Gasteiger partial charge in [0.2, 0.25) is 11.9 Å². The van der Waals surface area contributed by atoms with Crippen LogP contribution < -0.4 is 9.30 Å². The summed E-state index contributed by atoms with van der Waals surface area (Å²) >= 11 is 9.88. The highest BCUT2D eigenvalue weighted by molar-refractivity contribution is 9.10. The molecule has 1 atom stereocenters. The van der Waals surface area contributed by atoms with Gasteiger partial charge >= 0.3 is 0 Å². The Morgan fingerprint density at radius 3 is 2.56 bits per heavy atom. The second-order valence-corrected chi connectivity index (χ2v) is 10.7. The van der Waals surface area contributed by atoms with Crippen LogP contribution in [-0.2, 0) is 13.5 Å². The Labute approximate surface area is 214 Å². The standard InChI is InChI=1S/C28H29BrClN3O/c1-19(15-20-7-11-31(2)12-8-20)32-13-9-21(10-14-32)27-26-6-5-25(30)17-22(26)3-4-23-16-24(29)18-33(34)28(23)27/h3-8,11-12,16-18,21,27,34H,1,9-10,13-15H2,2H3/q+2. The van der Waals surface area contributed by atoms with Crippen LogP contribution in [0.5, 0.6) is 0 Å². The molecule has 0 amide bonds. The molecule has 3 aromatic rings. The maximum atomic E-state index is 11.0. The predicted molar refractivity (Wildman–Crippen MR) is 139 cm³/mol. The number of rotatable bonds is 4. The molecule has 34 heavy (non-hydrogen) atoms. The van der Waals surface area contributed by atoms with Gasteiger partial charge in [-0.2, -0.15) is 0 Å². The summed E-state index contributed by atoms with van der Waals surface area (Å²) in [6, 6.07) is 12.5. The van der Waals surface area contributed by atoms with Crippen molar-refractivity contribution in [2.24, 2.45) is 13.0 Å². The summed E-state index contributed by atoms with van der Waals surface area (Å²) in [7, 11) is 2.03. The summed E-state index contributed by atoms with van der Waals surface area (Å²) in [4.78, 5) is 2.43. The summed E-state index contributed by atoms with van der Waals surface area (Å²) in [5.41, 5.74) is 6.76. The van der Waals surface area contributed by atoms with E-state index in [9.17, 15) is 5.21 Å². The molecule has 3 heterocycles. The normalized spacial score (nSPS) is 17.7. The Bertz CT molecular complexity index is 1260. The number of fused-ring (bicyclic) bond motifs is 2. The number of piperidine rings is 1. The van der Waals surface area contributed by atoms with Crippen LogP contribution in [0.15, 0.2) is 71.7 Å². The lowest BCUT2D eigenvalue weighted by molar-refractivity contribution is -0.910. The maximum Gasteiger partial charge on any atom is 0.249 e. The monoisotopic (exact) mass is 537 g/mol. The molecule has 4 nitrogen and oxygen atoms in total. The van der Waals surface area contributed by atoms with E-state index in [2.05, 4.69) is 76.2 Å². The van der Waals surface area contributed by atoms with Crippen molar-refractivity contribution in [3.05, 3.63) is 105 Å². The van der Waals surface area contributed by atoms with E-state index < -0.39 is 0 Å². The summed E-state index contributed by atoms with van der Waals surface area (Å²) in [6.45, 7) is 6.33. The molecule has 1 saturated heterocycles. The van der Waals surface area contributed by atoms with Crippen molar-refractivity contribution in [3.63, 3.8) is 0 Å². The van der Waals surface area contributed by atoms with Crippen LogP contribution >= 0.6 is 27.5 Å². The molecule has 1 aliphatic heterocycles. The van der Waals surface area contributed by atoms with E-state index in [1.807, 2.05) is 23.7 Å². The molecule has 1 fully saturated rings. The van der Waals surface area contributed by atoms with Gasteiger partial charge in [-0.25, -0.2) is 4.57 Å². The minimum atomic E-state index is 0.0832. The highest BCUT2D eigenvalue weighted by atomic mass is 79.9. The number of allylic oxidation sites excluding steroid dienone is 1. The fourth-order valence-electron chi connectivity index (χ4n) is 5.36. The van der Waals surface area contributed by atoms with E-state index in [1.54, 1.807) is 6.20 Å². The third-order valence-corrected chi connectivity index (χ3v) is 7.79. The fourth-order valence-corrected chi connectivity index (χ4v) is 5.98. The average Bonchev–Trinajstić information content (AvgIpc) is 2.97. The number of aryl methyl sites for hydroxylation is 1. The number of nitrogens with zero attached hydrogens (tertiary/aromatic N) is 3. The van der Waals surface area contributed by atoms with Crippen molar-refractivity contribution in [1.82, 2.24) is 4.90 Å². The first kappa shape index (κ1) is 23.1. The van der Waals surface area contributed by atoms with Gasteiger partial charge < -0.3 is 4.90 Å². The van der Waals surface area contributed by atoms with E-state index in [1.165, 1.54) is 21.6 Å². The number of benzene rings is 1. The highest BCUT2D eigenvalue weighted by Crippen LogP contribution is 2.43. The number of pyridine rings is 2. The van der Waals surface area contributed by atoms with Crippen LogP contribution in [0.2, 0.25) is 5.02 Å². The van der Waals surface area contributed by atoms with Gasteiger partial charge in [-0.3, -0.25) is 5.21 Å². The van der Waals surface area contributed by atoms with Gasteiger partial charge in [0.1, 0.15) is 7.05 Å². The molecular weight excluding hydrogens is 510 g/mol. The SMILES string of the molecule is C=C(Cc1cc[n+](C)cc1)N1CCC(C2c3ccc(Cl)cc3C=Cc3cc(Br)c[n+](O)c32)CC1. The molecule has 1 unspecified atom stereocenters. The zero-order chi connectivity index (χ0) is 23.8. The lowest BCUT2D eigenvalue weighted by atomic mass is 9.76. The molecule has 174 valence electrons. The first-order valence-electron chi connectivity index (χ1n) is 11.7. The summed E-state index contributed by atoms with van der Waals surface area (Å²) in [5.74, 6) is 0.484. The second kappa shape index (κ2) is 9.55. The minimum absolute atomic E-state index is 0.0832. The van der Waals surface area contributed by atoms with Gasteiger partial charge in [0, 0.05) is 52.7 Å². The van der Waals surface area contributed by atoms with Gasteiger partial charge in [0.15, 0.2) is 12.4 Å². The zero-order valence-electron chi connectivity index (χ0n) is 19.3. The third kappa shape index (κ3) is 4.64. The van der Waals surface area contributed by atoms with Gasteiger partial charge in [-0.1, -0.05) is 30.3 Å².